The zero-order chi connectivity index (χ0) is 28.4. The number of hydrogen-bond donors (Lipinski definition) is 0. The van der Waals surface area contributed by atoms with Gasteiger partial charge < -0.3 is 18.9 Å². The van der Waals surface area contributed by atoms with Crippen LogP contribution in [-0.2, 0) is 26.3 Å². The number of hydrogen-bond acceptors (Lipinski definition) is 6. The van der Waals surface area contributed by atoms with Gasteiger partial charge in [-0.05, 0) is 48.5 Å². The molecule has 6 nitrogen and oxygen atoms in total. The quantitative estimate of drug-likeness (QED) is 0.244. The highest BCUT2D eigenvalue weighted by Crippen LogP contribution is 2.65. The molecule has 0 bridgehead atoms. The highest BCUT2D eigenvalue weighted by Gasteiger charge is 2.58. The number of methoxy groups -OCH3 is 3. The Labute approximate surface area is 235 Å². The van der Waals surface area contributed by atoms with Gasteiger partial charge in [0.2, 0.25) is 11.6 Å². The number of Topliss-reactive ketones (excluding diaryl/α,β-unsaturated/α-hetero) is 1. The maximum Gasteiger partial charge on any atom is 0.216 e. The van der Waals surface area contributed by atoms with E-state index in [4.69, 9.17) is 18.9 Å². The molecule has 0 radical (unpaired) electrons. The Morgan fingerprint density at radius 3 is 2.33 bits per heavy atom. The first kappa shape index (κ1) is 26.5. The Kier molecular flexibility index (Phi) is 6.06. The number of benzene rings is 2. The van der Waals surface area contributed by atoms with Gasteiger partial charge in [-0.15, -0.1) is 0 Å². The summed E-state index contributed by atoms with van der Waals surface area (Å²) >= 11 is 0. The molecule has 4 aliphatic carbocycles. The lowest BCUT2D eigenvalue weighted by molar-refractivity contribution is -0.141. The van der Waals surface area contributed by atoms with Crippen molar-refractivity contribution in [1.82, 2.24) is 0 Å². The zero-order valence-electron chi connectivity index (χ0n) is 23.8. The molecule has 0 N–H and O–H groups in total. The van der Waals surface area contributed by atoms with Gasteiger partial charge in [0.25, 0.3) is 0 Å². The van der Waals surface area contributed by atoms with Crippen LogP contribution in [0.15, 0.2) is 77.4 Å². The Morgan fingerprint density at radius 2 is 1.68 bits per heavy atom. The first-order chi connectivity index (χ1) is 19.2. The second-order valence-corrected chi connectivity index (χ2v) is 11.5. The van der Waals surface area contributed by atoms with Crippen molar-refractivity contribution in [3.8, 4) is 11.5 Å². The van der Waals surface area contributed by atoms with Crippen LogP contribution in [-0.4, -0.2) is 38.7 Å². The van der Waals surface area contributed by atoms with Gasteiger partial charge in [0.15, 0.2) is 5.78 Å². The molecule has 206 valence electrons. The monoisotopic (exact) mass is 538 g/mol. The van der Waals surface area contributed by atoms with Crippen LogP contribution < -0.4 is 9.47 Å². The summed E-state index contributed by atoms with van der Waals surface area (Å²) in [7, 11) is 4.70. The Hall–Kier alpha value is -3.74. The lowest BCUT2D eigenvalue weighted by Gasteiger charge is -2.48. The van der Waals surface area contributed by atoms with Crippen molar-refractivity contribution in [2.24, 2.45) is 5.41 Å². The minimum Gasteiger partial charge on any atom is -0.496 e. The fraction of sp³-hybridized carbons (Fsp3) is 0.353. The third-order valence-electron chi connectivity index (χ3n) is 9.27. The topological polar surface area (TPSA) is 71.1 Å². The van der Waals surface area contributed by atoms with Crippen molar-refractivity contribution in [3.63, 3.8) is 0 Å². The van der Waals surface area contributed by atoms with Crippen molar-refractivity contribution in [3.05, 3.63) is 99.7 Å². The van der Waals surface area contributed by atoms with Crippen LogP contribution in [0.3, 0.4) is 0 Å². The summed E-state index contributed by atoms with van der Waals surface area (Å²) in [4.78, 5) is 27.9. The fourth-order valence-corrected chi connectivity index (χ4v) is 7.22. The van der Waals surface area contributed by atoms with Crippen LogP contribution >= 0.6 is 0 Å². The fourth-order valence-electron chi connectivity index (χ4n) is 7.22. The van der Waals surface area contributed by atoms with E-state index in [1.807, 2.05) is 36.4 Å². The average Bonchev–Trinajstić information content (AvgIpc) is 3.32. The zero-order valence-corrected chi connectivity index (χ0v) is 23.8. The first-order valence-electron chi connectivity index (χ1n) is 13.6. The SMILES string of the molecule is COc1cc(OCc2ccccc2)c2c3c1[C@@]1(C=C3C3=C(C(=O)C=CC3(OC)OC)C2=O)C(C)=CCCC1(C)C. The normalized spacial score (nSPS) is 23.6. The molecular formula is C34H34O6. The smallest absolute Gasteiger partial charge is 0.216 e. The third kappa shape index (κ3) is 3.36. The number of ketones is 2. The van der Waals surface area contributed by atoms with Gasteiger partial charge >= 0.3 is 0 Å². The molecule has 0 aromatic heterocycles. The van der Waals surface area contributed by atoms with Gasteiger partial charge in [0.05, 0.1) is 18.2 Å². The first-order valence-corrected chi connectivity index (χ1v) is 13.6. The molecule has 1 spiro atoms. The molecule has 2 aromatic rings. The van der Waals surface area contributed by atoms with Crippen LogP contribution in [0.25, 0.3) is 5.57 Å². The molecule has 0 unspecified atom stereocenters. The summed E-state index contributed by atoms with van der Waals surface area (Å²) in [6.07, 6.45) is 9.35. The lowest BCUT2D eigenvalue weighted by Crippen LogP contribution is -2.43. The van der Waals surface area contributed by atoms with E-state index in [9.17, 15) is 9.59 Å². The number of carbonyl (C=O) groups is 2. The van der Waals surface area contributed by atoms with Gasteiger partial charge in [0, 0.05) is 42.4 Å². The predicted octanol–water partition coefficient (Wildman–Crippen LogP) is 6.30. The number of ether oxygens (including phenoxy) is 4. The van der Waals surface area contributed by atoms with Crippen LogP contribution in [0.4, 0.5) is 0 Å². The molecule has 0 saturated carbocycles. The van der Waals surface area contributed by atoms with Gasteiger partial charge in [-0.1, -0.05) is 61.9 Å². The van der Waals surface area contributed by atoms with E-state index in [-0.39, 0.29) is 23.4 Å². The minimum absolute atomic E-state index is 0.0536. The van der Waals surface area contributed by atoms with E-state index in [2.05, 4.69) is 32.9 Å². The summed E-state index contributed by atoms with van der Waals surface area (Å²) in [5.74, 6) is -1.13. The van der Waals surface area contributed by atoms with E-state index in [0.717, 1.165) is 35.1 Å². The number of fused-ring (bicyclic) bond motifs is 2. The molecule has 6 heteroatoms. The summed E-state index contributed by atoms with van der Waals surface area (Å²) in [5, 5.41) is 0. The molecule has 0 heterocycles. The van der Waals surface area contributed by atoms with Crippen molar-refractivity contribution < 1.29 is 28.5 Å². The van der Waals surface area contributed by atoms with Crippen molar-refractivity contribution in [1.29, 1.82) is 0 Å². The Balaban J connectivity index is 1.70. The van der Waals surface area contributed by atoms with Crippen LogP contribution in [0.5, 0.6) is 11.5 Å². The molecule has 2 aromatic carbocycles. The van der Waals surface area contributed by atoms with E-state index in [1.54, 1.807) is 13.2 Å². The highest BCUT2D eigenvalue weighted by atomic mass is 16.7. The summed E-state index contributed by atoms with van der Waals surface area (Å²) in [6, 6.07) is 11.6. The summed E-state index contributed by atoms with van der Waals surface area (Å²) in [5.41, 5.74) is 4.64. The Morgan fingerprint density at radius 1 is 0.950 bits per heavy atom. The van der Waals surface area contributed by atoms with Crippen molar-refractivity contribution >= 4 is 17.1 Å². The molecule has 1 atom stereocenters. The van der Waals surface area contributed by atoms with Crippen LogP contribution in [0.1, 0.15) is 60.7 Å². The molecule has 6 rings (SSSR count). The highest BCUT2D eigenvalue weighted by molar-refractivity contribution is 6.36. The number of rotatable bonds is 6. The maximum absolute atomic E-state index is 14.5. The van der Waals surface area contributed by atoms with Crippen molar-refractivity contribution in [2.45, 2.75) is 51.4 Å². The minimum atomic E-state index is -1.39. The van der Waals surface area contributed by atoms with E-state index in [1.165, 1.54) is 25.9 Å². The molecule has 0 aliphatic heterocycles. The van der Waals surface area contributed by atoms with Gasteiger partial charge in [-0.2, -0.15) is 0 Å². The largest absolute Gasteiger partial charge is 0.496 e. The number of carbonyl (C=O) groups excluding carboxylic acids is 2. The van der Waals surface area contributed by atoms with Crippen LogP contribution in [0, 0.1) is 5.41 Å². The molecule has 0 fully saturated rings. The van der Waals surface area contributed by atoms with Crippen LogP contribution in [0.2, 0.25) is 0 Å². The lowest BCUT2D eigenvalue weighted by atomic mass is 9.55. The molecule has 40 heavy (non-hydrogen) atoms. The maximum atomic E-state index is 14.5. The van der Waals surface area contributed by atoms with Gasteiger partial charge in [0.1, 0.15) is 18.1 Å². The van der Waals surface area contributed by atoms with E-state index in [0.29, 0.717) is 22.6 Å². The Bertz CT molecular complexity index is 1570. The average molecular weight is 539 g/mol. The second kappa shape index (κ2) is 9.15. The number of allylic oxidation sites excluding steroid dienone is 5. The van der Waals surface area contributed by atoms with E-state index < -0.39 is 17.0 Å². The van der Waals surface area contributed by atoms with Gasteiger partial charge in [-0.3, -0.25) is 9.59 Å². The molecular weight excluding hydrogens is 504 g/mol. The summed E-state index contributed by atoms with van der Waals surface area (Å²) in [6.45, 7) is 6.92. The van der Waals surface area contributed by atoms with Gasteiger partial charge in [-0.25, -0.2) is 0 Å². The molecule has 0 saturated heterocycles. The third-order valence-corrected chi connectivity index (χ3v) is 9.27. The summed E-state index contributed by atoms with van der Waals surface area (Å²) < 4.78 is 24.3. The second-order valence-electron chi connectivity index (χ2n) is 11.5. The molecule has 4 aliphatic rings. The molecule has 0 amide bonds. The standard InChI is InChI=1S/C34H34O6/c1-20-11-10-15-32(2,3)33(20)18-22-26-28(31(36)27-23(35)14-16-34(38-5,39-6)29(22)27)24(17-25(37-4)30(26)33)40-19-21-12-8-7-9-13-21/h7-9,11-14,16-18H,10,15,19H2,1-6H3/t33-/m1/s1. The van der Waals surface area contributed by atoms with E-state index >= 15 is 0 Å². The predicted molar refractivity (Wildman–Crippen MR) is 152 cm³/mol. The van der Waals surface area contributed by atoms with Crippen molar-refractivity contribution in [2.75, 3.05) is 21.3 Å².